The van der Waals surface area contributed by atoms with Crippen LogP contribution in [0, 0.1) is 0 Å². The number of carbonyl (C=O) groups is 2. The van der Waals surface area contributed by atoms with Crippen LogP contribution in [0.2, 0.25) is 0 Å². The van der Waals surface area contributed by atoms with Gasteiger partial charge in [-0.15, -0.1) is 0 Å². The minimum absolute atomic E-state index is 0.0195. The average Bonchev–Trinajstić information content (AvgIpc) is 2.45. The van der Waals surface area contributed by atoms with Crippen molar-refractivity contribution in [1.82, 2.24) is 15.5 Å². The third-order valence-corrected chi connectivity index (χ3v) is 3.30. The first kappa shape index (κ1) is 13.5. The maximum Gasteiger partial charge on any atom is 0.237 e. The molecule has 1 heterocycles. The van der Waals surface area contributed by atoms with Crippen LogP contribution in [0.1, 0.15) is 12.5 Å². The molecule has 1 aromatic rings. The summed E-state index contributed by atoms with van der Waals surface area (Å²) >= 11 is 0. The summed E-state index contributed by atoms with van der Waals surface area (Å²) in [5.41, 5.74) is 1.07. The molecular weight excluding hydrogens is 242 g/mol. The summed E-state index contributed by atoms with van der Waals surface area (Å²) in [4.78, 5) is 25.2. The van der Waals surface area contributed by atoms with Gasteiger partial charge in [0.25, 0.3) is 0 Å². The Bertz CT molecular complexity index is 447. The predicted molar refractivity (Wildman–Crippen MR) is 72.3 cm³/mol. The fourth-order valence-electron chi connectivity index (χ4n) is 2.09. The first-order valence-electron chi connectivity index (χ1n) is 6.49. The minimum atomic E-state index is -0.283. The van der Waals surface area contributed by atoms with Gasteiger partial charge in [0.15, 0.2) is 0 Å². The normalized spacial score (nSPS) is 17.6. The second-order valence-corrected chi connectivity index (χ2v) is 4.70. The lowest BCUT2D eigenvalue weighted by Gasteiger charge is -2.31. The smallest absolute Gasteiger partial charge is 0.237 e. The van der Waals surface area contributed by atoms with Gasteiger partial charge in [-0.3, -0.25) is 14.5 Å². The third-order valence-electron chi connectivity index (χ3n) is 3.30. The fraction of sp³-hybridized carbons (Fsp3) is 0.429. The summed E-state index contributed by atoms with van der Waals surface area (Å²) in [5, 5.41) is 5.65. The molecule has 1 saturated heterocycles. The van der Waals surface area contributed by atoms with Gasteiger partial charge < -0.3 is 10.6 Å². The van der Waals surface area contributed by atoms with Gasteiger partial charge in [-0.1, -0.05) is 30.3 Å². The van der Waals surface area contributed by atoms with Gasteiger partial charge in [-0.2, -0.15) is 0 Å². The molecule has 0 bridgehead atoms. The van der Waals surface area contributed by atoms with Crippen molar-refractivity contribution in [3.8, 4) is 0 Å². The van der Waals surface area contributed by atoms with Gasteiger partial charge in [-0.25, -0.2) is 0 Å². The highest BCUT2D eigenvalue weighted by Gasteiger charge is 2.25. The molecular formula is C14H19N3O2. The maximum absolute atomic E-state index is 12.0. The fourth-order valence-corrected chi connectivity index (χ4v) is 2.09. The third kappa shape index (κ3) is 3.79. The summed E-state index contributed by atoms with van der Waals surface area (Å²) in [6.07, 6.45) is 0. The molecule has 1 atom stereocenters. The van der Waals surface area contributed by atoms with Crippen molar-refractivity contribution in [2.24, 2.45) is 0 Å². The summed E-state index contributed by atoms with van der Waals surface area (Å²) < 4.78 is 0. The quantitative estimate of drug-likeness (QED) is 0.809. The Balaban J connectivity index is 1.83. The number of hydrogen-bond acceptors (Lipinski definition) is 3. The monoisotopic (exact) mass is 261 g/mol. The number of hydrogen-bond donors (Lipinski definition) is 2. The van der Waals surface area contributed by atoms with Crippen LogP contribution in [0.15, 0.2) is 30.3 Å². The Hall–Kier alpha value is -1.88. The van der Waals surface area contributed by atoms with Crippen LogP contribution in [0.25, 0.3) is 0 Å². The molecule has 2 amide bonds. The summed E-state index contributed by atoms with van der Waals surface area (Å²) in [5.74, 6) is -0.0625. The molecule has 5 heteroatoms. The summed E-state index contributed by atoms with van der Waals surface area (Å²) in [6, 6.07) is 9.49. The van der Waals surface area contributed by atoms with Gasteiger partial charge in [0.2, 0.25) is 11.8 Å². The molecule has 1 aliphatic heterocycles. The molecule has 2 rings (SSSR count). The highest BCUT2D eigenvalue weighted by Crippen LogP contribution is 2.03. The van der Waals surface area contributed by atoms with Crippen molar-refractivity contribution in [3.63, 3.8) is 0 Å². The van der Waals surface area contributed by atoms with Crippen molar-refractivity contribution < 1.29 is 9.59 Å². The highest BCUT2D eigenvalue weighted by atomic mass is 16.2. The Morgan fingerprint density at radius 3 is 2.84 bits per heavy atom. The standard InChI is InChI=1S/C14H19N3O2/c1-11(17-8-7-15-13(18)10-17)14(19)16-9-12-5-3-2-4-6-12/h2-6,11H,7-10H2,1H3,(H,15,18)(H,16,19). The second-order valence-electron chi connectivity index (χ2n) is 4.70. The van der Waals surface area contributed by atoms with E-state index in [-0.39, 0.29) is 17.9 Å². The van der Waals surface area contributed by atoms with Crippen LogP contribution < -0.4 is 10.6 Å². The second kappa shape index (κ2) is 6.33. The number of rotatable bonds is 4. The number of benzene rings is 1. The topological polar surface area (TPSA) is 61.4 Å². The maximum atomic E-state index is 12.0. The SMILES string of the molecule is CC(C(=O)NCc1ccccc1)N1CCNC(=O)C1. The lowest BCUT2D eigenvalue weighted by Crippen LogP contribution is -2.54. The van der Waals surface area contributed by atoms with E-state index in [9.17, 15) is 9.59 Å². The van der Waals surface area contributed by atoms with E-state index in [0.717, 1.165) is 5.56 Å². The molecule has 0 spiro atoms. The Morgan fingerprint density at radius 2 is 2.16 bits per heavy atom. The van der Waals surface area contributed by atoms with Gasteiger partial charge in [0, 0.05) is 19.6 Å². The first-order valence-corrected chi connectivity index (χ1v) is 6.49. The minimum Gasteiger partial charge on any atom is -0.354 e. The Labute approximate surface area is 113 Å². The van der Waals surface area contributed by atoms with E-state index in [1.54, 1.807) is 0 Å². The summed E-state index contributed by atoms with van der Waals surface area (Å²) in [7, 11) is 0. The van der Waals surface area contributed by atoms with Crippen LogP contribution in [0.3, 0.4) is 0 Å². The Morgan fingerprint density at radius 1 is 1.42 bits per heavy atom. The van der Waals surface area contributed by atoms with Gasteiger partial charge in [0.1, 0.15) is 0 Å². The summed E-state index contributed by atoms with van der Waals surface area (Å²) in [6.45, 7) is 3.96. The largest absolute Gasteiger partial charge is 0.354 e. The molecule has 19 heavy (non-hydrogen) atoms. The number of nitrogens with zero attached hydrogens (tertiary/aromatic N) is 1. The molecule has 0 aromatic heterocycles. The lowest BCUT2D eigenvalue weighted by molar-refractivity contribution is -0.130. The zero-order valence-electron chi connectivity index (χ0n) is 11.1. The molecule has 1 fully saturated rings. The number of nitrogens with one attached hydrogen (secondary N) is 2. The van der Waals surface area contributed by atoms with Crippen molar-refractivity contribution in [2.45, 2.75) is 19.5 Å². The zero-order chi connectivity index (χ0) is 13.7. The van der Waals surface area contributed by atoms with Crippen molar-refractivity contribution in [3.05, 3.63) is 35.9 Å². The van der Waals surface area contributed by atoms with Crippen LogP contribution in [-0.4, -0.2) is 42.4 Å². The van der Waals surface area contributed by atoms with Crippen LogP contribution in [0.5, 0.6) is 0 Å². The van der Waals surface area contributed by atoms with Crippen LogP contribution in [-0.2, 0) is 16.1 Å². The molecule has 0 aliphatic carbocycles. The molecule has 102 valence electrons. The van der Waals surface area contributed by atoms with Crippen LogP contribution >= 0.6 is 0 Å². The van der Waals surface area contributed by atoms with Crippen molar-refractivity contribution >= 4 is 11.8 Å². The van der Waals surface area contributed by atoms with Gasteiger partial charge in [0.05, 0.1) is 12.6 Å². The molecule has 0 saturated carbocycles. The zero-order valence-corrected chi connectivity index (χ0v) is 11.1. The number of carbonyl (C=O) groups excluding carboxylic acids is 2. The molecule has 0 radical (unpaired) electrons. The van der Waals surface area contributed by atoms with E-state index in [1.165, 1.54) is 0 Å². The average molecular weight is 261 g/mol. The van der Waals surface area contributed by atoms with E-state index in [0.29, 0.717) is 26.2 Å². The molecule has 5 nitrogen and oxygen atoms in total. The van der Waals surface area contributed by atoms with Gasteiger partial charge in [-0.05, 0) is 12.5 Å². The van der Waals surface area contributed by atoms with E-state index >= 15 is 0 Å². The van der Waals surface area contributed by atoms with Crippen molar-refractivity contribution in [1.29, 1.82) is 0 Å². The Kier molecular flexibility index (Phi) is 4.52. The molecule has 1 aliphatic rings. The van der Waals surface area contributed by atoms with Gasteiger partial charge >= 0.3 is 0 Å². The number of piperazine rings is 1. The molecule has 1 unspecified atom stereocenters. The molecule has 1 aromatic carbocycles. The van der Waals surface area contributed by atoms with Crippen LogP contribution in [0.4, 0.5) is 0 Å². The molecule has 2 N–H and O–H groups in total. The predicted octanol–water partition coefficient (Wildman–Crippen LogP) is 0.123. The van der Waals surface area contributed by atoms with E-state index in [4.69, 9.17) is 0 Å². The highest BCUT2D eigenvalue weighted by molar-refractivity contribution is 5.83. The van der Waals surface area contributed by atoms with E-state index in [1.807, 2.05) is 42.2 Å². The number of amides is 2. The lowest BCUT2D eigenvalue weighted by atomic mass is 10.2. The first-order chi connectivity index (χ1) is 9.16. The van der Waals surface area contributed by atoms with Crippen molar-refractivity contribution in [2.75, 3.05) is 19.6 Å². The van der Waals surface area contributed by atoms with E-state index < -0.39 is 0 Å². The van der Waals surface area contributed by atoms with E-state index in [2.05, 4.69) is 10.6 Å².